The minimum absolute atomic E-state index is 0.0758. The zero-order valence-electron chi connectivity index (χ0n) is 8.83. The van der Waals surface area contributed by atoms with Gasteiger partial charge < -0.3 is 15.5 Å². The highest BCUT2D eigenvalue weighted by Gasteiger charge is 2.24. The summed E-state index contributed by atoms with van der Waals surface area (Å²) in [5.74, 6) is -3.63. The molecule has 0 saturated heterocycles. The predicted octanol–water partition coefficient (Wildman–Crippen LogP) is -0.212. The number of carbonyl (C=O) groups excluding carboxylic acids is 1. The van der Waals surface area contributed by atoms with Crippen molar-refractivity contribution in [2.45, 2.75) is 12.5 Å². The van der Waals surface area contributed by atoms with Crippen LogP contribution in [-0.2, 0) is 9.59 Å². The van der Waals surface area contributed by atoms with E-state index in [0.717, 1.165) is 0 Å². The lowest BCUT2D eigenvalue weighted by Gasteiger charge is -2.11. The fraction of sp³-hybridized carbons (Fsp3) is 0.222. The largest absolute Gasteiger partial charge is 0.481 e. The number of carboxylic acids is 2. The number of hydrogen-bond acceptors (Lipinski definition) is 5. The van der Waals surface area contributed by atoms with Crippen molar-refractivity contribution in [3.63, 3.8) is 0 Å². The first-order valence-corrected chi connectivity index (χ1v) is 5.02. The van der Waals surface area contributed by atoms with E-state index in [9.17, 15) is 14.4 Å². The van der Waals surface area contributed by atoms with Gasteiger partial charge in [-0.1, -0.05) is 11.6 Å². The van der Waals surface area contributed by atoms with Crippen LogP contribution in [0.5, 0.6) is 0 Å². The number of amides is 1. The Hall–Kier alpha value is -2.22. The van der Waals surface area contributed by atoms with Gasteiger partial charge in [-0.25, -0.2) is 4.79 Å². The Bertz CT molecular complexity index is 476. The van der Waals surface area contributed by atoms with Crippen LogP contribution in [0.25, 0.3) is 0 Å². The molecule has 3 N–H and O–H groups in total. The van der Waals surface area contributed by atoms with Crippen molar-refractivity contribution in [2.75, 3.05) is 0 Å². The van der Waals surface area contributed by atoms with E-state index in [1.54, 1.807) is 0 Å². The Balaban J connectivity index is 2.75. The number of halogens is 1. The number of carboxylic acid groups (broad SMARTS) is 2. The van der Waals surface area contributed by atoms with Crippen molar-refractivity contribution >= 4 is 29.4 Å². The second-order valence-electron chi connectivity index (χ2n) is 3.20. The molecule has 1 aromatic rings. The summed E-state index contributed by atoms with van der Waals surface area (Å²) in [5, 5.41) is 26.2. The minimum Gasteiger partial charge on any atom is -0.481 e. The standard InChI is InChI=1S/C9H8ClN3O5/c10-6-2-1-4(12-13-6)8(16)11-5(9(17)18)3-7(14)15/h1-2,5H,3H2,(H,11,16)(H,14,15)(H,17,18)/t5-/m1/s1. The van der Waals surface area contributed by atoms with Crippen LogP contribution in [0, 0.1) is 0 Å². The van der Waals surface area contributed by atoms with Crippen molar-refractivity contribution in [2.24, 2.45) is 0 Å². The van der Waals surface area contributed by atoms with E-state index in [2.05, 4.69) is 10.2 Å². The van der Waals surface area contributed by atoms with Crippen molar-refractivity contribution in [3.05, 3.63) is 23.0 Å². The second-order valence-corrected chi connectivity index (χ2v) is 3.59. The average molecular weight is 274 g/mol. The number of nitrogens with one attached hydrogen (secondary N) is 1. The van der Waals surface area contributed by atoms with Crippen LogP contribution in [0.2, 0.25) is 5.15 Å². The van der Waals surface area contributed by atoms with E-state index in [0.29, 0.717) is 0 Å². The van der Waals surface area contributed by atoms with Gasteiger partial charge in [0.2, 0.25) is 0 Å². The normalized spacial score (nSPS) is 11.6. The summed E-state index contributed by atoms with van der Waals surface area (Å²) in [6.07, 6.45) is -0.734. The van der Waals surface area contributed by atoms with Crippen LogP contribution < -0.4 is 5.32 Å². The summed E-state index contributed by atoms with van der Waals surface area (Å²) in [7, 11) is 0. The van der Waals surface area contributed by atoms with Crippen molar-refractivity contribution in [1.82, 2.24) is 15.5 Å². The van der Waals surface area contributed by atoms with E-state index in [4.69, 9.17) is 21.8 Å². The Morgan fingerprint density at radius 1 is 1.28 bits per heavy atom. The summed E-state index contributed by atoms with van der Waals surface area (Å²) in [6, 6.07) is 1.01. The molecule has 0 bridgehead atoms. The van der Waals surface area contributed by atoms with E-state index in [1.165, 1.54) is 12.1 Å². The van der Waals surface area contributed by atoms with Gasteiger partial charge >= 0.3 is 11.9 Å². The van der Waals surface area contributed by atoms with Crippen LogP contribution >= 0.6 is 11.6 Å². The highest BCUT2D eigenvalue weighted by Crippen LogP contribution is 2.03. The molecule has 1 amide bonds. The zero-order valence-corrected chi connectivity index (χ0v) is 9.59. The molecule has 9 heteroatoms. The highest BCUT2D eigenvalue weighted by atomic mass is 35.5. The molecule has 18 heavy (non-hydrogen) atoms. The molecule has 96 valence electrons. The molecule has 0 aliphatic carbocycles. The maximum Gasteiger partial charge on any atom is 0.326 e. The van der Waals surface area contributed by atoms with Gasteiger partial charge in [-0.3, -0.25) is 9.59 Å². The average Bonchev–Trinajstić information content (AvgIpc) is 2.28. The van der Waals surface area contributed by atoms with Gasteiger partial charge in [-0.05, 0) is 12.1 Å². The summed E-state index contributed by atoms with van der Waals surface area (Å²) in [6.45, 7) is 0. The van der Waals surface area contributed by atoms with E-state index in [1.807, 2.05) is 5.32 Å². The first-order chi connectivity index (χ1) is 8.40. The molecular formula is C9H8ClN3O5. The maximum absolute atomic E-state index is 11.5. The third-order valence-corrected chi connectivity index (χ3v) is 2.05. The summed E-state index contributed by atoms with van der Waals surface area (Å²) >= 11 is 5.46. The number of carbonyl (C=O) groups is 3. The zero-order chi connectivity index (χ0) is 13.7. The molecule has 1 rings (SSSR count). The van der Waals surface area contributed by atoms with Gasteiger partial charge in [0, 0.05) is 0 Å². The maximum atomic E-state index is 11.5. The monoisotopic (exact) mass is 273 g/mol. The van der Waals surface area contributed by atoms with Gasteiger partial charge in [-0.15, -0.1) is 10.2 Å². The quantitative estimate of drug-likeness (QED) is 0.676. The molecule has 8 nitrogen and oxygen atoms in total. The fourth-order valence-corrected chi connectivity index (χ4v) is 1.14. The molecule has 0 aliphatic rings. The molecule has 0 fully saturated rings. The van der Waals surface area contributed by atoms with Gasteiger partial charge in [0.05, 0.1) is 6.42 Å². The Morgan fingerprint density at radius 2 is 1.94 bits per heavy atom. The third kappa shape index (κ3) is 3.98. The molecule has 0 radical (unpaired) electrons. The first-order valence-electron chi connectivity index (χ1n) is 4.65. The van der Waals surface area contributed by atoms with E-state index >= 15 is 0 Å². The van der Waals surface area contributed by atoms with E-state index in [-0.39, 0.29) is 10.8 Å². The first kappa shape index (κ1) is 13.8. The number of nitrogens with zero attached hydrogens (tertiary/aromatic N) is 2. The molecule has 1 aromatic heterocycles. The van der Waals surface area contributed by atoms with Crippen molar-refractivity contribution in [3.8, 4) is 0 Å². The summed E-state index contributed by atoms with van der Waals surface area (Å²) in [5.41, 5.74) is -0.156. The van der Waals surface area contributed by atoms with Crippen LogP contribution in [0.15, 0.2) is 12.1 Å². The molecular weight excluding hydrogens is 266 g/mol. The SMILES string of the molecule is O=C(O)C[C@@H](NC(=O)c1ccc(Cl)nn1)C(=O)O. The smallest absolute Gasteiger partial charge is 0.326 e. The fourth-order valence-electron chi connectivity index (χ4n) is 1.04. The molecule has 1 atom stereocenters. The molecule has 0 aliphatic heterocycles. The Morgan fingerprint density at radius 3 is 2.39 bits per heavy atom. The van der Waals surface area contributed by atoms with Gasteiger partial charge in [0.15, 0.2) is 10.8 Å². The van der Waals surface area contributed by atoms with Crippen LogP contribution in [0.1, 0.15) is 16.9 Å². The van der Waals surface area contributed by atoms with Crippen LogP contribution in [0.3, 0.4) is 0 Å². The van der Waals surface area contributed by atoms with Crippen LogP contribution in [-0.4, -0.2) is 44.3 Å². The molecule has 0 aromatic carbocycles. The lowest BCUT2D eigenvalue weighted by Crippen LogP contribution is -2.42. The number of hydrogen-bond donors (Lipinski definition) is 3. The topological polar surface area (TPSA) is 129 Å². The third-order valence-electron chi connectivity index (χ3n) is 1.85. The summed E-state index contributed by atoms with van der Waals surface area (Å²) < 4.78 is 0. The minimum atomic E-state index is -1.53. The molecule has 1 heterocycles. The number of aliphatic carboxylic acids is 2. The molecule has 0 spiro atoms. The van der Waals surface area contributed by atoms with Gasteiger partial charge in [-0.2, -0.15) is 0 Å². The lowest BCUT2D eigenvalue weighted by molar-refractivity contribution is -0.145. The van der Waals surface area contributed by atoms with E-state index < -0.39 is 30.3 Å². The van der Waals surface area contributed by atoms with Crippen molar-refractivity contribution in [1.29, 1.82) is 0 Å². The predicted molar refractivity (Wildman–Crippen MR) is 58.2 cm³/mol. The lowest BCUT2D eigenvalue weighted by atomic mass is 10.2. The number of rotatable bonds is 5. The highest BCUT2D eigenvalue weighted by molar-refractivity contribution is 6.29. The second kappa shape index (κ2) is 5.92. The Labute approximate surface area is 106 Å². The Kier molecular flexibility index (Phi) is 4.55. The molecule has 0 unspecified atom stereocenters. The number of aromatic nitrogens is 2. The molecule has 0 saturated carbocycles. The van der Waals surface area contributed by atoms with Gasteiger partial charge in [0.25, 0.3) is 5.91 Å². The van der Waals surface area contributed by atoms with Crippen molar-refractivity contribution < 1.29 is 24.6 Å². The summed E-state index contributed by atoms with van der Waals surface area (Å²) in [4.78, 5) is 32.7. The van der Waals surface area contributed by atoms with Gasteiger partial charge in [0.1, 0.15) is 6.04 Å². The van der Waals surface area contributed by atoms with Crippen LogP contribution in [0.4, 0.5) is 0 Å².